The highest BCUT2D eigenvalue weighted by atomic mass is 79.9. The predicted octanol–water partition coefficient (Wildman–Crippen LogP) is 2.93. The van der Waals surface area contributed by atoms with Crippen LogP contribution in [0.25, 0.3) is 0 Å². The maximum Gasteiger partial charge on any atom is 0.303 e. The Morgan fingerprint density at radius 1 is 1.59 bits per heavy atom. The van der Waals surface area contributed by atoms with Crippen molar-refractivity contribution in [3.63, 3.8) is 0 Å². The average molecular weight is 304 g/mol. The Morgan fingerprint density at radius 2 is 2.29 bits per heavy atom. The molecule has 2 N–H and O–H groups in total. The van der Waals surface area contributed by atoms with Crippen LogP contribution in [0.2, 0.25) is 0 Å². The lowest BCUT2D eigenvalue weighted by Gasteiger charge is -2.13. The molecule has 3 nitrogen and oxygen atoms in total. The molecule has 0 saturated heterocycles. The molecule has 17 heavy (non-hydrogen) atoms. The van der Waals surface area contributed by atoms with Crippen molar-refractivity contribution in [3.8, 4) is 0 Å². The highest BCUT2D eigenvalue weighted by molar-refractivity contribution is 9.10. The second-order valence-electron chi connectivity index (χ2n) is 3.95. The van der Waals surface area contributed by atoms with Crippen molar-refractivity contribution in [2.24, 2.45) is 0 Å². The third kappa shape index (κ3) is 5.28. The van der Waals surface area contributed by atoms with Crippen LogP contribution in [-0.2, 0) is 11.3 Å². The minimum absolute atomic E-state index is 0.0845. The van der Waals surface area contributed by atoms with E-state index in [2.05, 4.69) is 21.2 Å². The highest BCUT2D eigenvalue weighted by Gasteiger charge is 2.07. The number of carboxylic acids is 1. The fourth-order valence-electron chi connectivity index (χ4n) is 1.41. The Hall–Kier alpha value is -0.940. The van der Waals surface area contributed by atoms with E-state index in [-0.39, 0.29) is 18.3 Å². The van der Waals surface area contributed by atoms with Crippen LogP contribution in [0.15, 0.2) is 22.7 Å². The molecule has 0 fully saturated rings. The summed E-state index contributed by atoms with van der Waals surface area (Å²) in [6.45, 7) is 2.43. The minimum Gasteiger partial charge on any atom is -0.481 e. The number of benzene rings is 1. The van der Waals surface area contributed by atoms with Crippen LogP contribution in [-0.4, -0.2) is 17.1 Å². The SMILES string of the molecule is CC(CCC(=O)O)NCc1cc(F)ccc1Br. The van der Waals surface area contributed by atoms with E-state index in [9.17, 15) is 9.18 Å². The second kappa shape index (κ2) is 6.71. The molecule has 94 valence electrons. The summed E-state index contributed by atoms with van der Waals surface area (Å²) in [7, 11) is 0. The number of nitrogens with one attached hydrogen (secondary N) is 1. The zero-order chi connectivity index (χ0) is 12.8. The largest absolute Gasteiger partial charge is 0.481 e. The van der Waals surface area contributed by atoms with Gasteiger partial charge in [0.1, 0.15) is 5.82 Å². The summed E-state index contributed by atoms with van der Waals surface area (Å²) in [6.07, 6.45) is 0.695. The number of hydrogen-bond donors (Lipinski definition) is 2. The summed E-state index contributed by atoms with van der Waals surface area (Å²) in [6, 6.07) is 4.60. The first-order valence-corrected chi connectivity index (χ1v) is 6.17. The van der Waals surface area contributed by atoms with Crippen molar-refractivity contribution >= 4 is 21.9 Å². The van der Waals surface area contributed by atoms with Crippen LogP contribution in [0.4, 0.5) is 4.39 Å². The van der Waals surface area contributed by atoms with E-state index >= 15 is 0 Å². The summed E-state index contributed by atoms with van der Waals surface area (Å²) in [5.74, 6) is -1.08. The minimum atomic E-state index is -0.800. The third-order valence-corrected chi connectivity index (χ3v) is 3.21. The quantitative estimate of drug-likeness (QED) is 0.849. The molecule has 0 aliphatic carbocycles. The summed E-state index contributed by atoms with van der Waals surface area (Å²) in [5, 5.41) is 11.7. The van der Waals surface area contributed by atoms with Gasteiger partial charge in [-0.05, 0) is 37.1 Å². The van der Waals surface area contributed by atoms with Crippen LogP contribution in [0.1, 0.15) is 25.3 Å². The van der Waals surface area contributed by atoms with Crippen molar-refractivity contribution in [3.05, 3.63) is 34.1 Å². The van der Waals surface area contributed by atoms with E-state index < -0.39 is 5.97 Å². The van der Waals surface area contributed by atoms with Crippen LogP contribution in [0.3, 0.4) is 0 Å². The number of halogens is 2. The third-order valence-electron chi connectivity index (χ3n) is 2.44. The van der Waals surface area contributed by atoms with Crippen LogP contribution in [0.5, 0.6) is 0 Å². The Balaban J connectivity index is 2.44. The number of aliphatic carboxylic acids is 1. The maximum absolute atomic E-state index is 13.0. The molecule has 1 aromatic carbocycles. The van der Waals surface area contributed by atoms with Gasteiger partial charge in [0.05, 0.1) is 0 Å². The smallest absolute Gasteiger partial charge is 0.303 e. The fourth-order valence-corrected chi connectivity index (χ4v) is 1.79. The van der Waals surface area contributed by atoms with Gasteiger partial charge in [0.2, 0.25) is 0 Å². The zero-order valence-corrected chi connectivity index (χ0v) is 11.1. The Labute approximate surface area is 108 Å². The van der Waals surface area contributed by atoms with Crippen molar-refractivity contribution in [1.82, 2.24) is 5.32 Å². The second-order valence-corrected chi connectivity index (χ2v) is 4.80. The van der Waals surface area contributed by atoms with Crippen molar-refractivity contribution in [1.29, 1.82) is 0 Å². The van der Waals surface area contributed by atoms with Gasteiger partial charge in [0.15, 0.2) is 0 Å². The molecule has 0 bridgehead atoms. The lowest BCUT2D eigenvalue weighted by molar-refractivity contribution is -0.137. The molecular weight excluding hydrogens is 289 g/mol. The summed E-state index contributed by atoms with van der Waals surface area (Å²) >= 11 is 3.34. The first-order valence-electron chi connectivity index (χ1n) is 5.38. The van der Waals surface area contributed by atoms with E-state index in [1.165, 1.54) is 12.1 Å². The van der Waals surface area contributed by atoms with Gasteiger partial charge in [-0.2, -0.15) is 0 Å². The summed E-state index contributed by atoms with van der Waals surface area (Å²) in [5.41, 5.74) is 0.826. The van der Waals surface area contributed by atoms with E-state index in [1.807, 2.05) is 6.92 Å². The molecule has 1 aromatic rings. The molecule has 1 rings (SSSR count). The lowest BCUT2D eigenvalue weighted by atomic mass is 10.1. The van der Waals surface area contributed by atoms with Crippen molar-refractivity contribution in [2.75, 3.05) is 0 Å². The molecule has 0 aliphatic heterocycles. The van der Waals surface area contributed by atoms with E-state index in [4.69, 9.17) is 5.11 Å². The topological polar surface area (TPSA) is 49.3 Å². The Morgan fingerprint density at radius 3 is 2.94 bits per heavy atom. The van der Waals surface area contributed by atoms with Gasteiger partial charge in [-0.15, -0.1) is 0 Å². The number of carboxylic acid groups (broad SMARTS) is 1. The summed E-state index contributed by atoms with van der Waals surface area (Å²) < 4.78 is 13.8. The molecule has 0 aromatic heterocycles. The standard InChI is InChI=1S/C12H15BrFNO2/c1-8(2-5-12(16)17)15-7-9-6-10(14)3-4-11(9)13/h3-4,6,8,15H,2,5,7H2,1H3,(H,16,17). The number of hydrogen-bond acceptors (Lipinski definition) is 2. The van der Waals surface area contributed by atoms with Crippen molar-refractivity contribution < 1.29 is 14.3 Å². The maximum atomic E-state index is 13.0. The van der Waals surface area contributed by atoms with E-state index in [0.717, 1.165) is 10.0 Å². The molecule has 0 heterocycles. The monoisotopic (exact) mass is 303 g/mol. The van der Waals surface area contributed by atoms with Gasteiger partial charge >= 0.3 is 5.97 Å². The molecule has 0 saturated carbocycles. The molecule has 5 heteroatoms. The van der Waals surface area contributed by atoms with Crippen LogP contribution < -0.4 is 5.32 Å². The van der Waals surface area contributed by atoms with Crippen molar-refractivity contribution in [2.45, 2.75) is 32.4 Å². The first kappa shape index (κ1) is 14.1. The lowest BCUT2D eigenvalue weighted by Crippen LogP contribution is -2.26. The van der Waals surface area contributed by atoms with Crippen LogP contribution in [0, 0.1) is 5.82 Å². The summed E-state index contributed by atoms with van der Waals surface area (Å²) in [4.78, 5) is 10.4. The van der Waals surface area contributed by atoms with Gasteiger partial charge in [-0.1, -0.05) is 15.9 Å². The molecule has 0 aliphatic rings. The fraction of sp³-hybridized carbons (Fsp3) is 0.417. The predicted molar refractivity (Wildman–Crippen MR) is 67.3 cm³/mol. The van der Waals surface area contributed by atoms with E-state index in [1.54, 1.807) is 6.07 Å². The van der Waals surface area contributed by atoms with Gasteiger partial charge in [0.25, 0.3) is 0 Å². The molecular formula is C12H15BrFNO2. The zero-order valence-electron chi connectivity index (χ0n) is 9.54. The van der Waals surface area contributed by atoms with E-state index in [0.29, 0.717) is 13.0 Å². The molecule has 1 atom stereocenters. The number of rotatable bonds is 6. The Kier molecular flexibility index (Phi) is 5.58. The molecule has 0 amide bonds. The van der Waals surface area contributed by atoms with Gasteiger partial charge in [0, 0.05) is 23.5 Å². The first-order chi connectivity index (χ1) is 7.99. The van der Waals surface area contributed by atoms with Gasteiger partial charge < -0.3 is 10.4 Å². The molecule has 0 spiro atoms. The molecule has 0 radical (unpaired) electrons. The average Bonchev–Trinajstić information content (AvgIpc) is 2.27. The molecule has 1 unspecified atom stereocenters. The van der Waals surface area contributed by atoms with Gasteiger partial charge in [-0.3, -0.25) is 4.79 Å². The van der Waals surface area contributed by atoms with Crippen LogP contribution >= 0.6 is 15.9 Å². The highest BCUT2D eigenvalue weighted by Crippen LogP contribution is 2.17. The Bertz CT molecular complexity index is 398. The van der Waals surface area contributed by atoms with Gasteiger partial charge in [-0.25, -0.2) is 4.39 Å². The normalized spacial score (nSPS) is 12.4. The number of carbonyl (C=O) groups is 1.